The Morgan fingerprint density at radius 2 is 2.03 bits per heavy atom. The number of halogens is 1. The highest BCUT2D eigenvalue weighted by Gasteiger charge is 2.41. The second-order valence-electron chi connectivity index (χ2n) is 10.7. The predicted octanol–water partition coefficient (Wildman–Crippen LogP) is 4.27. The summed E-state index contributed by atoms with van der Waals surface area (Å²) in [6, 6.07) is 3.90. The van der Waals surface area contributed by atoms with Gasteiger partial charge in [-0.3, -0.25) is 19.4 Å². The summed E-state index contributed by atoms with van der Waals surface area (Å²) in [6.45, 7) is 8.35. The zero-order valence-corrected chi connectivity index (χ0v) is 22.8. The lowest BCUT2D eigenvalue weighted by Crippen LogP contribution is -2.45. The van der Waals surface area contributed by atoms with E-state index in [1.165, 1.54) is 23.8 Å². The third-order valence-corrected chi connectivity index (χ3v) is 8.79. The van der Waals surface area contributed by atoms with Gasteiger partial charge >= 0.3 is 0 Å². The maximum absolute atomic E-state index is 15.9. The van der Waals surface area contributed by atoms with Gasteiger partial charge in [0.2, 0.25) is 5.91 Å². The van der Waals surface area contributed by atoms with E-state index in [0.29, 0.717) is 11.6 Å². The molecule has 3 aromatic heterocycles. The maximum atomic E-state index is 15.9. The Bertz CT molecular complexity index is 1430. The standard InChI is InChI=1S/C28H32FN7OS/c1-18(37)31-27-32-22-8-7-21-24(20-5-4-10-30-16-20)33-36(25(21)26(22)38-27)28(2)15-19(6-9-23(28)29)17-35-13-11-34(3)12-14-35/h4-6,9-10,16H,7-8,11-15,17H2,1-3H3,(H,31,32,37). The molecule has 0 aromatic carbocycles. The number of allylic oxidation sites excluding steroid dienone is 3. The molecular formula is C28H32FN7OS. The van der Waals surface area contributed by atoms with Crippen LogP contribution >= 0.6 is 11.3 Å². The van der Waals surface area contributed by atoms with Gasteiger partial charge in [0.25, 0.3) is 0 Å². The van der Waals surface area contributed by atoms with E-state index in [1.807, 2.05) is 36.0 Å². The molecule has 198 valence electrons. The highest BCUT2D eigenvalue weighted by molar-refractivity contribution is 7.19. The monoisotopic (exact) mass is 533 g/mol. The quantitative estimate of drug-likeness (QED) is 0.528. The fourth-order valence-corrected chi connectivity index (χ4v) is 6.82. The third kappa shape index (κ3) is 4.50. The van der Waals surface area contributed by atoms with Crippen LogP contribution in [0, 0.1) is 0 Å². The van der Waals surface area contributed by atoms with Gasteiger partial charge in [-0.2, -0.15) is 5.10 Å². The number of hydrogen-bond acceptors (Lipinski definition) is 7. The van der Waals surface area contributed by atoms with E-state index in [0.717, 1.165) is 78.7 Å². The normalized spacial score (nSPS) is 21.9. The number of fused-ring (bicyclic) bond motifs is 3. The first-order valence-corrected chi connectivity index (χ1v) is 13.9. The number of carbonyl (C=O) groups excluding carboxylic acids is 1. The van der Waals surface area contributed by atoms with E-state index >= 15 is 4.39 Å². The predicted molar refractivity (Wildman–Crippen MR) is 148 cm³/mol. The fourth-order valence-electron chi connectivity index (χ4n) is 5.70. The minimum Gasteiger partial charge on any atom is -0.304 e. The Morgan fingerprint density at radius 1 is 1.21 bits per heavy atom. The second-order valence-corrected chi connectivity index (χ2v) is 11.7. The largest absolute Gasteiger partial charge is 0.304 e. The van der Waals surface area contributed by atoms with Crippen LogP contribution in [0.3, 0.4) is 0 Å². The van der Waals surface area contributed by atoms with Crippen molar-refractivity contribution in [2.75, 3.05) is 45.1 Å². The summed E-state index contributed by atoms with van der Waals surface area (Å²) in [6.07, 6.45) is 9.13. The number of nitrogens with zero attached hydrogens (tertiary/aromatic N) is 6. The summed E-state index contributed by atoms with van der Waals surface area (Å²) >= 11 is 1.43. The number of aromatic nitrogens is 4. The van der Waals surface area contributed by atoms with Crippen LogP contribution < -0.4 is 5.32 Å². The van der Waals surface area contributed by atoms with E-state index in [1.54, 1.807) is 12.3 Å². The maximum Gasteiger partial charge on any atom is 0.223 e. The molecule has 1 saturated heterocycles. The smallest absolute Gasteiger partial charge is 0.223 e. The Morgan fingerprint density at radius 3 is 2.76 bits per heavy atom. The van der Waals surface area contributed by atoms with E-state index in [4.69, 9.17) is 10.1 Å². The van der Waals surface area contributed by atoms with E-state index in [2.05, 4.69) is 27.1 Å². The van der Waals surface area contributed by atoms with Gasteiger partial charge < -0.3 is 10.2 Å². The zero-order valence-electron chi connectivity index (χ0n) is 22.0. The van der Waals surface area contributed by atoms with Crippen molar-refractivity contribution in [2.24, 2.45) is 0 Å². The molecule has 0 bridgehead atoms. The molecule has 2 aliphatic carbocycles. The van der Waals surface area contributed by atoms with Gasteiger partial charge in [0, 0.05) is 69.6 Å². The van der Waals surface area contributed by atoms with Gasteiger partial charge in [-0.05, 0) is 45.0 Å². The van der Waals surface area contributed by atoms with Crippen molar-refractivity contribution >= 4 is 22.4 Å². The Kier molecular flexibility index (Phi) is 6.49. The number of thiazole rings is 1. The van der Waals surface area contributed by atoms with E-state index in [-0.39, 0.29) is 11.7 Å². The van der Waals surface area contributed by atoms with Crippen molar-refractivity contribution in [3.63, 3.8) is 0 Å². The molecule has 1 unspecified atom stereocenters. The summed E-state index contributed by atoms with van der Waals surface area (Å²) in [5.74, 6) is -0.367. The van der Waals surface area contributed by atoms with Crippen LogP contribution in [0.5, 0.6) is 0 Å². The topological polar surface area (TPSA) is 79.2 Å². The van der Waals surface area contributed by atoms with Gasteiger partial charge in [-0.15, -0.1) is 0 Å². The number of anilines is 1. The van der Waals surface area contributed by atoms with Crippen LogP contribution in [-0.4, -0.2) is 75.2 Å². The minimum absolute atomic E-state index is 0.159. The van der Waals surface area contributed by atoms with Crippen molar-refractivity contribution in [3.05, 3.63) is 59.3 Å². The van der Waals surface area contributed by atoms with Gasteiger partial charge in [0.1, 0.15) is 11.4 Å². The number of rotatable bonds is 5. The molecule has 8 nitrogen and oxygen atoms in total. The molecule has 10 heteroatoms. The molecule has 4 heterocycles. The summed E-state index contributed by atoms with van der Waals surface area (Å²) in [5.41, 5.74) is 4.85. The van der Waals surface area contributed by atoms with Crippen LogP contribution in [0.4, 0.5) is 9.52 Å². The van der Waals surface area contributed by atoms with Crippen molar-refractivity contribution in [3.8, 4) is 21.8 Å². The number of aryl methyl sites for hydroxylation is 1. The van der Waals surface area contributed by atoms with Crippen LogP contribution in [0.25, 0.3) is 21.8 Å². The number of piperazine rings is 1. The molecule has 38 heavy (non-hydrogen) atoms. The molecule has 0 spiro atoms. The van der Waals surface area contributed by atoms with Crippen LogP contribution in [0.15, 0.2) is 48.1 Å². The first-order valence-electron chi connectivity index (χ1n) is 13.1. The first-order chi connectivity index (χ1) is 18.3. The molecule has 1 atom stereocenters. The highest BCUT2D eigenvalue weighted by Crippen LogP contribution is 2.48. The molecule has 6 rings (SSSR count). The minimum atomic E-state index is -0.978. The van der Waals surface area contributed by atoms with Crippen molar-refractivity contribution in [1.82, 2.24) is 29.5 Å². The fraction of sp³-hybridized carbons (Fsp3) is 0.429. The van der Waals surface area contributed by atoms with Gasteiger partial charge in [-0.1, -0.05) is 23.0 Å². The molecule has 0 saturated carbocycles. The molecular weight excluding hydrogens is 501 g/mol. The van der Waals surface area contributed by atoms with E-state index in [9.17, 15) is 4.79 Å². The molecule has 3 aliphatic rings. The van der Waals surface area contributed by atoms with Crippen LogP contribution in [0.2, 0.25) is 0 Å². The number of amides is 1. The molecule has 3 aromatic rings. The third-order valence-electron chi connectivity index (χ3n) is 7.77. The average molecular weight is 534 g/mol. The lowest BCUT2D eigenvalue weighted by atomic mass is 9.85. The first kappa shape index (κ1) is 25.1. The van der Waals surface area contributed by atoms with E-state index < -0.39 is 5.54 Å². The lowest BCUT2D eigenvalue weighted by molar-refractivity contribution is -0.114. The number of likely N-dealkylation sites (N-methyl/N-ethyl adjacent to an activating group) is 1. The zero-order chi connectivity index (χ0) is 26.4. The molecule has 1 aliphatic heterocycles. The highest BCUT2D eigenvalue weighted by atomic mass is 32.1. The molecule has 1 N–H and O–H groups in total. The summed E-state index contributed by atoms with van der Waals surface area (Å²) in [5, 5.41) is 8.50. The van der Waals surface area contributed by atoms with Gasteiger partial charge in [0.05, 0.1) is 22.0 Å². The number of hydrogen-bond donors (Lipinski definition) is 1. The van der Waals surface area contributed by atoms with Crippen molar-refractivity contribution < 1.29 is 9.18 Å². The Hall–Kier alpha value is -3.21. The molecule has 1 amide bonds. The SMILES string of the molecule is CC(=O)Nc1nc2c(s1)-c1c(c(-c3cccnc3)nn1C1(C)CC(CN3CCN(C)CC3)=CC=C1F)CC2. The molecule has 0 radical (unpaired) electrons. The Labute approximate surface area is 225 Å². The second kappa shape index (κ2) is 9.83. The lowest BCUT2D eigenvalue weighted by Gasteiger charge is -2.37. The van der Waals surface area contributed by atoms with Gasteiger partial charge in [-0.25, -0.2) is 9.37 Å². The summed E-state index contributed by atoms with van der Waals surface area (Å²) in [4.78, 5) is 26.5. The van der Waals surface area contributed by atoms with Gasteiger partial charge in [0.15, 0.2) is 5.13 Å². The summed E-state index contributed by atoms with van der Waals surface area (Å²) in [7, 11) is 2.15. The van der Waals surface area contributed by atoms with Crippen LogP contribution in [-0.2, 0) is 23.2 Å². The molecule has 1 fully saturated rings. The van der Waals surface area contributed by atoms with Crippen LogP contribution in [0.1, 0.15) is 31.5 Å². The number of carbonyl (C=O) groups is 1. The van der Waals surface area contributed by atoms with Crippen molar-refractivity contribution in [2.45, 2.75) is 38.6 Å². The number of nitrogens with one attached hydrogen (secondary N) is 1. The average Bonchev–Trinajstić information content (AvgIpc) is 3.49. The van der Waals surface area contributed by atoms with Crippen molar-refractivity contribution in [1.29, 1.82) is 0 Å². The summed E-state index contributed by atoms with van der Waals surface area (Å²) < 4.78 is 17.8. The Balaban J connectivity index is 1.43. The number of pyridine rings is 1.